The maximum absolute atomic E-state index is 12.6. The molecule has 1 aliphatic carbocycles. The summed E-state index contributed by atoms with van der Waals surface area (Å²) < 4.78 is 0. The van der Waals surface area contributed by atoms with Gasteiger partial charge in [0.1, 0.15) is 6.04 Å². The number of hydrogen-bond acceptors (Lipinski definition) is 2. The minimum atomic E-state index is -0.621. The predicted octanol–water partition coefficient (Wildman–Crippen LogP) is 1.72. The number of piperidine rings is 1. The average Bonchev–Trinajstić information content (AvgIpc) is 2.43. The maximum atomic E-state index is 12.6. The molecule has 1 heterocycles. The number of nitrogens with one attached hydrogen (secondary N) is 1. The Balaban J connectivity index is 1.98. The Morgan fingerprint density at radius 1 is 1.15 bits per heavy atom. The average molecular weight is 281 g/mol. The predicted molar refractivity (Wildman–Crippen MR) is 78.0 cm³/mol. The Morgan fingerprint density at radius 3 is 2.40 bits per heavy atom. The summed E-state index contributed by atoms with van der Waals surface area (Å²) in [6.07, 6.45) is 6.30. The van der Waals surface area contributed by atoms with Gasteiger partial charge in [0.2, 0.25) is 5.91 Å². The summed E-state index contributed by atoms with van der Waals surface area (Å²) in [5, 5.41) is 2.60. The normalized spacial score (nSPS) is 27.9. The van der Waals surface area contributed by atoms with Crippen molar-refractivity contribution in [1.29, 1.82) is 0 Å². The van der Waals surface area contributed by atoms with E-state index in [1.165, 1.54) is 25.7 Å². The smallest absolute Gasteiger partial charge is 0.312 e. The molecule has 0 aromatic carbocycles. The lowest BCUT2D eigenvalue weighted by atomic mass is 9.75. The topological polar surface area (TPSA) is 75.4 Å². The van der Waals surface area contributed by atoms with Gasteiger partial charge in [0.15, 0.2) is 0 Å². The highest BCUT2D eigenvalue weighted by Gasteiger charge is 2.36. The van der Waals surface area contributed by atoms with Crippen molar-refractivity contribution in [1.82, 2.24) is 10.2 Å². The molecular weight excluding hydrogens is 254 g/mol. The second-order valence-corrected chi connectivity index (χ2v) is 6.61. The van der Waals surface area contributed by atoms with Gasteiger partial charge in [-0.15, -0.1) is 0 Å². The Kier molecular flexibility index (Phi) is 4.89. The largest absolute Gasteiger partial charge is 0.352 e. The molecule has 0 radical (unpaired) electrons. The van der Waals surface area contributed by atoms with E-state index in [1.54, 1.807) is 0 Å². The van der Waals surface area contributed by atoms with Crippen LogP contribution in [0.4, 0.5) is 4.79 Å². The van der Waals surface area contributed by atoms with Crippen LogP contribution in [0.25, 0.3) is 0 Å². The molecule has 0 aromatic rings. The van der Waals surface area contributed by atoms with Gasteiger partial charge < -0.3 is 16.0 Å². The fourth-order valence-electron chi connectivity index (χ4n) is 3.66. The highest BCUT2D eigenvalue weighted by Crippen LogP contribution is 2.36. The van der Waals surface area contributed by atoms with Crippen molar-refractivity contribution in [3.63, 3.8) is 0 Å². The quantitative estimate of drug-likeness (QED) is 0.826. The van der Waals surface area contributed by atoms with Crippen LogP contribution in [-0.4, -0.2) is 36.0 Å². The van der Waals surface area contributed by atoms with Gasteiger partial charge in [0.25, 0.3) is 0 Å². The van der Waals surface area contributed by atoms with Crippen molar-refractivity contribution in [2.45, 2.75) is 52.0 Å². The van der Waals surface area contributed by atoms with Crippen molar-refractivity contribution in [2.24, 2.45) is 23.5 Å². The highest BCUT2D eigenvalue weighted by molar-refractivity contribution is 5.86. The molecule has 20 heavy (non-hydrogen) atoms. The fourth-order valence-corrected chi connectivity index (χ4v) is 3.66. The number of fused-ring (bicyclic) bond motifs is 1. The van der Waals surface area contributed by atoms with Gasteiger partial charge in [0, 0.05) is 13.1 Å². The van der Waals surface area contributed by atoms with Crippen LogP contribution in [0, 0.1) is 17.8 Å². The van der Waals surface area contributed by atoms with Crippen LogP contribution in [0.3, 0.4) is 0 Å². The zero-order valence-corrected chi connectivity index (χ0v) is 12.6. The lowest BCUT2D eigenvalue weighted by Crippen LogP contribution is -2.55. The number of urea groups is 1. The number of nitrogens with two attached hydrogens (primary N) is 1. The summed E-state index contributed by atoms with van der Waals surface area (Å²) in [6, 6.07) is -1.11. The second kappa shape index (κ2) is 6.46. The molecule has 3 N–H and O–H groups in total. The molecule has 0 unspecified atom stereocenters. The molecule has 5 nitrogen and oxygen atoms in total. The van der Waals surface area contributed by atoms with E-state index >= 15 is 0 Å². The lowest BCUT2D eigenvalue weighted by molar-refractivity contribution is -0.137. The number of likely N-dealkylation sites (tertiary alicyclic amines) is 1. The van der Waals surface area contributed by atoms with Crippen LogP contribution < -0.4 is 11.1 Å². The van der Waals surface area contributed by atoms with Gasteiger partial charge in [-0.2, -0.15) is 0 Å². The van der Waals surface area contributed by atoms with E-state index in [0.717, 1.165) is 25.4 Å². The third-order valence-corrected chi connectivity index (χ3v) is 4.83. The Labute approximate surface area is 121 Å². The summed E-state index contributed by atoms with van der Waals surface area (Å²) >= 11 is 0. The van der Waals surface area contributed by atoms with Crippen LogP contribution in [-0.2, 0) is 4.79 Å². The lowest BCUT2D eigenvalue weighted by Gasteiger charge is -2.42. The van der Waals surface area contributed by atoms with Crippen LogP contribution in [0.5, 0.6) is 0 Å². The molecule has 0 aromatic heterocycles. The zero-order valence-electron chi connectivity index (χ0n) is 12.6. The zero-order chi connectivity index (χ0) is 14.7. The Bertz CT molecular complexity index is 370. The summed E-state index contributed by atoms with van der Waals surface area (Å²) in [7, 11) is 0. The summed E-state index contributed by atoms with van der Waals surface area (Å²) in [5.74, 6) is 1.54. The molecule has 1 aliphatic heterocycles. The molecule has 2 aliphatic rings. The molecule has 3 atom stereocenters. The van der Waals surface area contributed by atoms with Gasteiger partial charge in [-0.3, -0.25) is 4.79 Å². The first-order valence-corrected chi connectivity index (χ1v) is 7.83. The number of primary amides is 1. The van der Waals surface area contributed by atoms with Crippen LogP contribution in [0.2, 0.25) is 0 Å². The third-order valence-electron chi connectivity index (χ3n) is 4.83. The number of amides is 3. The SMILES string of the molecule is CC(C)[C@H](NC(N)=O)C(=O)N1CC[C@@H]2CCCC[C@H]2C1. The summed E-state index contributed by atoms with van der Waals surface area (Å²) in [6.45, 7) is 5.55. The van der Waals surface area contributed by atoms with E-state index in [0.29, 0.717) is 5.92 Å². The van der Waals surface area contributed by atoms with Crippen LogP contribution in [0.15, 0.2) is 0 Å². The molecule has 2 rings (SSSR count). The van der Waals surface area contributed by atoms with Crippen LogP contribution in [0.1, 0.15) is 46.0 Å². The van der Waals surface area contributed by atoms with Gasteiger partial charge in [0.05, 0.1) is 0 Å². The molecular formula is C15H27N3O2. The molecule has 0 bridgehead atoms. The molecule has 1 saturated carbocycles. The van der Waals surface area contributed by atoms with Crippen molar-refractivity contribution in [3.8, 4) is 0 Å². The van der Waals surface area contributed by atoms with Gasteiger partial charge in [-0.1, -0.05) is 33.1 Å². The minimum Gasteiger partial charge on any atom is -0.352 e. The standard InChI is InChI=1S/C15H27N3O2/c1-10(2)13(17-15(16)20)14(19)18-8-7-11-5-3-4-6-12(11)9-18/h10-13H,3-9H2,1-2H3,(H3,16,17,20)/t11-,12-,13-/m0/s1. The first-order chi connectivity index (χ1) is 9.49. The van der Waals surface area contributed by atoms with Crippen molar-refractivity contribution < 1.29 is 9.59 Å². The van der Waals surface area contributed by atoms with Crippen molar-refractivity contribution >= 4 is 11.9 Å². The third kappa shape index (κ3) is 3.44. The van der Waals surface area contributed by atoms with E-state index < -0.39 is 12.1 Å². The molecule has 1 saturated heterocycles. The number of carbonyl (C=O) groups is 2. The number of rotatable bonds is 3. The van der Waals surface area contributed by atoms with Gasteiger partial charge in [-0.05, 0) is 30.6 Å². The maximum Gasteiger partial charge on any atom is 0.312 e. The fraction of sp³-hybridized carbons (Fsp3) is 0.867. The van der Waals surface area contributed by atoms with Gasteiger partial charge in [-0.25, -0.2) is 4.79 Å². The summed E-state index contributed by atoms with van der Waals surface area (Å²) in [4.78, 5) is 25.6. The Morgan fingerprint density at radius 2 is 1.80 bits per heavy atom. The first kappa shape index (κ1) is 15.1. The monoisotopic (exact) mass is 281 g/mol. The van der Waals surface area contributed by atoms with Crippen LogP contribution >= 0.6 is 0 Å². The van der Waals surface area contributed by atoms with Crippen molar-refractivity contribution in [2.75, 3.05) is 13.1 Å². The molecule has 5 heteroatoms. The molecule has 0 spiro atoms. The van der Waals surface area contributed by atoms with E-state index in [1.807, 2.05) is 18.7 Å². The number of carbonyl (C=O) groups excluding carboxylic acids is 2. The van der Waals surface area contributed by atoms with E-state index in [4.69, 9.17) is 5.73 Å². The highest BCUT2D eigenvalue weighted by atomic mass is 16.2. The molecule has 114 valence electrons. The minimum absolute atomic E-state index is 0.0304. The Hall–Kier alpha value is -1.26. The van der Waals surface area contributed by atoms with E-state index in [9.17, 15) is 9.59 Å². The number of hydrogen-bond donors (Lipinski definition) is 2. The van der Waals surface area contributed by atoms with Gasteiger partial charge >= 0.3 is 6.03 Å². The first-order valence-electron chi connectivity index (χ1n) is 7.83. The van der Waals surface area contributed by atoms with E-state index in [2.05, 4.69) is 5.32 Å². The second-order valence-electron chi connectivity index (χ2n) is 6.61. The summed E-state index contributed by atoms with van der Waals surface area (Å²) in [5.41, 5.74) is 5.18. The van der Waals surface area contributed by atoms with Crippen molar-refractivity contribution in [3.05, 3.63) is 0 Å². The number of nitrogens with zero attached hydrogens (tertiary/aromatic N) is 1. The molecule has 3 amide bonds. The van der Waals surface area contributed by atoms with E-state index in [-0.39, 0.29) is 11.8 Å². The molecule has 2 fully saturated rings.